The van der Waals surface area contributed by atoms with Crippen molar-refractivity contribution in [3.05, 3.63) is 60.4 Å². The highest BCUT2D eigenvalue weighted by molar-refractivity contribution is 5.76. The molecule has 3 fully saturated rings. The average Bonchev–Trinajstić information content (AvgIpc) is 3.29. The highest BCUT2D eigenvalue weighted by Crippen LogP contribution is 2.39. The van der Waals surface area contributed by atoms with Gasteiger partial charge in [-0.2, -0.15) is 0 Å². The third kappa shape index (κ3) is 9.25. The Labute approximate surface area is 249 Å². The van der Waals surface area contributed by atoms with Crippen molar-refractivity contribution < 1.29 is 43.4 Å². The zero-order valence-corrected chi connectivity index (χ0v) is 24.8. The molecule has 1 aromatic carbocycles. The molecule has 1 saturated carbocycles. The summed E-state index contributed by atoms with van der Waals surface area (Å²) in [6, 6.07) is 8.70. The lowest BCUT2D eigenvalue weighted by atomic mass is 9.90. The molecule has 0 spiro atoms. The predicted molar refractivity (Wildman–Crippen MR) is 156 cm³/mol. The van der Waals surface area contributed by atoms with E-state index in [0.717, 1.165) is 45.1 Å². The van der Waals surface area contributed by atoms with Crippen LogP contribution in [0.3, 0.4) is 0 Å². The van der Waals surface area contributed by atoms with Gasteiger partial charge < -0.3 is 38.6 Å². The van der Waals surface area contributed by atoms with Gasteiger partial charge >= 0.3 is 11.8 Å². The van der Waals surface area contributed by atoms with E-state index in [1.165, 1.54) is 7.11 Å². The van der Waals surface area contributed by atoms with E-state index in [4.69, 9.17) is 28.4 Å². The molecule has 0 amide bonds. The van der Waals surface area contributed by atoms with Crippen molar-refractivity contribution in [3.63, 3.8) is 0 Å². The number of para-hydroxylation sites is 1. The standard InChI is InChI=1S/C33H46O9/c1-24(40-30-16-8-11-21-38-30)18-19-27-26(28(34)23-29(27)41-31-17-9-12-22-39-31)15-7-4-10-20-33(37-2,32(35)36)42-25-13-5-3-6-14-25/h3,5-7,10,13-14,18-19,24,26-31,34H,8-9,11-12,15-17,20-23H2,1-2H3,(H,35,36)/t4?,24?,26-,27-,28?,29?,30?,31?,33?/m1/s1/i40+0,41+0. The third-order valence-corrected chi connectivity index (χ3v) is 8.14. The van der Waals surface area contributed by atoms with Gasteiger partial charge in [-0.25, -0.2) is 4.79 Å². The van der Waals surface area contributed by atoms with E-state index in [0.29, 0.717) is 25.2 Å². The van der Waals surface area contributed by atoms with Crippen molar-refractivity contribution >= 4 is 5.97 Å². The third-order valence-electron chi connectivity index (χ3n) is 8.14. The minimum Gasteiger partial charge on any atom is -0.476 e. The number of aliphatic hydroxyl groups is 1. The Bertz CT molecular complexity index is 1040. The summed E-state index contributed by atoms with van der Waals surface area (Å²) in [4.78, 5) is 12.1. The number of aliphatic carboxylic acids is 1. The Kier molecular flexibility index (Phi) is 12.6. The minimum absolute atomic E-state index is 0.0520. The maximum atomic E-state index is 12.1. The molecule has 0 bridgehead atoms. The number of rotatable bonds is 14. The van der Waals surface area contributed by atoms with E-state index in [9.17, 15) is 15.0 Å². The fourth-order valence-electron chi connectivity index (χ4n) is 5.78. The van der Waals surface area contributed by atoms with Crippen molar-refractivity contribution in [2.75, 3.05) is 20.3 Å². The molecule has 4 rings (SSSR count). The molecule has 2 heterocycles. The van der Waals surface area contributed by atoms with Crippen molar-refractivity contribution in [2.45, 2.75) is 101 Å². The van der Waals surface area contributed by atoms with Crippen molar-refractivity contribution in [1.29, 1.82) is 0 Å². The maximum Gasteiger partial charge on any atom is 0.377 e. The van der Waals surface area contributed by atoms with Crippen LogP contribution in [0, 0.1) is 11.8 Å². The Morgan fingerprint density at radius 3 is 2.45 bits per heavy atom. The molecule has 0 aromatic heterocycles. The molecule has 232 valence electrons. The molecular formula is C33H46O9. The fourth-order valence-corrected chi connectivity index (χ4v) is 5.78. The predicted octanol–water partition coefficient (Wildman–Crippen LogP) is 5.38. The second kappa shape index (κ2) is 16.4. The Hall–Kier alpha value is -2.49. The second-order valence-corrected chi connectivity index (χ2v) is 11.2. The zero-order valence-electron chi connectivity index (χ0n) is 24.8. The number of aliphatic hydroxyl groups excluding tert-OH is 1. The highest BCUT2D eigenvalue weighted by atomic mass is 16.7. The summed E-state index contributed by atoms with van der Waals surface area (Å²) >= 11 is 0. The van der Waals surface area contributed by atoms with Gasteiger partial charge in [0.25, 0.3) is 0 Å². The Balaban J connectivity index is 1.42. The summed E-state index contributed by atoms with van der Waals surface area (Å²) in [5.74, 6) is -2.88. The molecule has 2 N–H and O–H groups in total. The van der Waals surface area contributed by atoms with Crippen LogP contribution in [0.1, 0.15) is 64.7 Å². The smallest absolute Gasteiger partial charge is 0.377 e. The van der Waals surface area contributed by atoms with E-state index >= 15 is 0 Å². The van der Waals surface area contributed by atoms with Gasteiger partial charge in [-0.1, -0.05) is 30.4 Å². The summed E-state index contributed by atoms with van der Waals surface area (Å²) < 4.78 is 35.0. The summed E-state index contributed by atoms with van der Waals surface area (Å²) in [7, 11) is 1.31. The first-order valence-corrected chi connectivity index (χ1v) is 15.2. The number of hydrogen-bond donors (Lipinski definition) is 2. The molecular weight excluding hydrogens is 540 g/mol. The van der Waals surface area contributed by atoms with Crippen LogP contribution in [0.5, 0.6) is 5.75 Å². The summed E-state index contributed by atoms with van der Waals surface area (Å²) in [6.07, 6.45) is 13.2. The van der Waals surface area contributed by atoms with Crippen molar-refractivity contribution in [3.8, 4) is 5.75 Å². The summed E-state index contributed by atoms with van der Waals surface area (Å²) in [6.45, 7) is 3.42. The number of carboxylic acids is 1. The number of carbonyl (C=O) groups is 1. The van der Waals surface area contributed by atoms with Crippen LogP contribution in [0.2, 0.25) is 0 Å². The van der Waals surface area contributed by atoms with Gasteiger partial charge in [0.1, 0.15) is 5.75 Å². The van der Waals surface area contributed by atoms with E-state index in [1.54, 1.807) is 30.3 Å². The van der Waals surface area contributed by atoms with Crippen LogP contribution in [0.25, 0.3) is 0 Å². The summed E-state index contributed by atoms with van der Waals surface area (Å²) in [5, 5.41) is 20.9. The zero-order chi connectivity index (χ0) is 29.8. The fraction of sp³-hybridized carbons (Fsp3) is 0.636. The molecule has 9 heteroatoms. The van der Waals surface area contributed by atoms with Crippen LogP contribution in [0.4, 0.5) is 0 Å². The maximum absolute atomic E-state index is 12.1. The Morgan fingerprint density at radius 2 is 1.81 bits per heavy atom. The summed E-state index contributed by atoms with van der Waals surface area (Å²) in [5.41, 5.74) is 3.08. The van der Waals surface area contributed by atoms with E-state index in [1.807, 2.05) is 25.1 Å². The molecule has 2 saturated heterocycles. The average molecular weight is 587 g/mol. The van der Waals surface area contributed by atoms with Gasteiger partial charge in [0.05, 0.1) is 24.7 Å². The Morgan fingerprint density at radius 1 is 1.10 bits per heavy atom. The lowest BCUT2D eigenvalue weighted by molar-refractivity contribution is -0.202. The van der Waals surface area contributed by atoms with Crippen LogP contribution in [0.15, 0.2) is 60.4 Å². The number of carboxylic acid groups (broad SMARTS) is 1. The monoisotopic (exact) mass is 586 g/mol. The van der Waals surface area contributed by atoms with Crippen molar-refractivity contribution in [2.24, 2.45) is 11.8 Å². The van der Waals surface area contributed by atoms with E-state index < -0.39 is 17.9 Å². The molecule has 1 aliphatic carbocycles. The molecule has 3 aliphatic rings. The van der Waals surface area contributed by atoms with Gasteiger partial charge in [-0.05, 0) is 82.1 Å². The molecule has 42 heavy (non-hydrogen) atoms. The molecule has 1 aromatic rings. The minimum atomic E-state index is -1.88. The van der Waals surface area contributed by atoms with Gasteiger partial charge in [0.2, 0.25) is 0 Å². The van der Waals surface area contributed by atoms with Gasteiger partial charge in [0.15, 0.2) is 12.6 Å². The quantitative estimate of drug-likeness (QED) is 0.169. The van der Waals surface area contributed by atoms with Crippen LogP contribution < -0.4 is 4.74 Å². The SMILES string of the molecule is COC(CC=C=CC[C@H]1C(O)CC([16O]C2CCCCO2)[C@@H]1C=CC(C)[16O]C1CCCCO1)(Oc1ccccc1)C(=O)O. The molecule has 6 unspecified atom stereocenters. The number of ether oxygens (including phenoxy) is 6. The molecule has 9 nitrogen and oxygen atoms in total. The highest BCUT2D eigenvalue weighted by Gasteiger charge is 2.43. The van der Waals surface area contributed by atoms with E-state index in [-0.39, 0.29) is 43.0 Å². The number of benzene rings is 1. The normalized spacial score (nSPS) is 30.3. The van der Waals surface area contributed by atoms with Gasteiger partial charge in [-0.3, -0.25) is 0 Å². The largest absolute Gasteiger partial charge is 0.476 e. The molecule has 8 atom stereocenters. The second-order valence-electron chi connectivity index (χ2n) is 11.2. The first-order valence-electron chi connectivity index (χ1n) is 15.2. The number of methoxy groups -OCH3 is 1. The van der Waals surface area contributed by atoms with E-state index in [2.05, 4.69) is 11.8 Å². The first-order chi connectivity index (χ1) is 20.4. The topological polar surface area (TPSA) is 113 Å². The molecule has 0 radical (unpaired) electrons. The van der Waals surface area contributed by atoms with Crippen LogP contribution >= 0.6 is 0 Å². The van der Waals surface area contributed by atoms with Gasteiger partial charge in [-0.15, -0.1) is 5.73 Å². The lowest BCUT2D eigenvalue weighted by Crippen LogP contribution is -2.46. The first kappa shape index (κ1) is 32.4. The molecule has 2 aliphatic heterocycles. The van der Waals surface area contributed by atoms with Crippen LogP contribution in [-0.2, 0) is 28.5 Å². The van der Waals surface area contributed by atoms with Crippen LogP contribution in [-0.4, -0.2) is 73.2 Å². The lowest BCUT2D eigenvalue weighted by Gasteiger charge is -2.29. The van der Waals surface area contributed by atoms with Gasteiger partial charge in [0, 0.05) is 32.7 Å². The number of hydrogen-bond acceptors (Lipinski definition) is 8. The van der Waals surface area contributed by atoms with Crippen molar-refractivity contribution in [1.82, 2.24) is 0 Å².